The van der Waals surface area contributed by atoms with Gasteiger partial charge in [-0.3, -0.25) is 4.79 Å². The van der Waals surface area contributed by atoms with Crippen LogP contribution in [0.2, 0.25) is 0 Å². The highest BCUT2D eigenvalue weighted by Crippen LogP contribution is 2.37. The number of nitrogens with zero attached hydrogens (tertiary/aromatic N) is 2. The summed E-state index contributed by atoms with van der Waals surface area (Å²) in [7, 11) is 0. The molecule has 1 heterocycles. The summed E-state index contributed by atoms with van der Waals surface area (Å²) in [6.07, 6.45) is 3.58. The largest absolute Gasteiger partial charge is 0.341 e. The zero-order chi connectivity index (χ0) is 12.3. The lowest BCUT2D eigenvalue weighted by Gasteiger charge is -2.24. The number of hydrogen-bond donors (Lipinski definition) is 0. The number of carbonyl (C=O) groups is 1. The van der Waals surface area contributed by atoms with Crippen LogP contribution in [0.15, 0.2) is 0 Å². The van der Waals surface area contributed by atoms with Crippen LogP contribution >= 0.6 is 11.6 Å². The van der Waals surface area contributed by atoms with Crippen molar-refractivity contribution in [2.45, 2.75) is 26.2 Å². The van der Waals surface area contributed by atoms with Gasteiger partial charge in [0, 0.05) is 38.0 Å². The first-order valence-corrected chi connectivity index (χ1v) is 7.33. The maximum Gasteiger partial charge on any atom is 0.225 e. The second-order valence-corrected chi connectivity index (χ2v) is 5.71. The molecule has 0 spiro atoms. The van der Waals surface area contributed by atoms with Gasteiger partial charge < -0.3 is 9.80 Å². The number of amides is 1. The Morgan fingerprint density at radius 1 is 1.29 bits per heavy atom. The van der Waals surface area contributed by atoms with E-state index in [9.17, 15) is 4.79 Å². The second kappa shape index (κ2) is 6.05. The minimum Gasteiger partial charge on any atom is -0.341 e. The zero-order valence-electron chi connectivity index (χ0n) is 10.7. The van der Waals surface area contributed by atoms with Crippen molar-refractivity contribution in [1.82, 2.24) is 9.80 Å². The number of halogens is 1. The van der Waals surface area contributed by atoms with Crippen LogP contribution in [0.1, 0.15) is 26.2 Å². The fraction of sp³-hybridized carbons (Fsp3) is 0.923. The summed E-state index contributed by atoms with van der Waals surface area (Å²) in [6, 6.07) is 0. The Morgan fingerprint density at radius 3 is 2.71 bits per heavy atom. The average molecular weight is 259 g/mol. The van der Waals surface area contributed by atoms with Gasteiger partial charge in [-0.1, -0.05) is 6.92 Å². The quantitative estimate of drug-likeness (QED) is 0.718. The molecular formula is C13H23ClN2O. The molecule has 1 saturated heterocycles. The Kier molecular flexibility index (Phi) is 4.69. The molecule has 0 aromatic heterocycles. The fourth-order valence-electron chi connectivity index (χ4n) is 2.62. The third kappa shape index (κ3) is 3.59. The van der Waals surface area contributed by atoms with E-state index in [1.54, 1.807) is 0 Å². The Bertz CT molecular complexity index is 268. The van der Waals surface area contributed by atoms with Gasteiger partial charge in [0.15, 0.2) is 0 Å². The first-order valence-electron chi connectivity index (χ1n) is 6.79. The predicted molar refractivity (Wildman–Crippen MR) is 70.2 cm³/mol. The molecule has 1 aliphatic carbocycles. The van der Waals surface area contributed by atoms with Crippen LogP contribution in [0.3, 0.4) is 0 Å². The standard InChI is InChI=1S/C13H23ClN2O/c1-11(12-3-4-12)13(17)16-7-2-6-15(8-5-14)9-10-16/h11-12H,2-10H2,1H3. The molecule has 0 aromatic rings. The molecule has 2 fully saturated rings. The Hall–Kier alpha value is -0.280. The van der Waals surface area contributed by atoms with Crippen LogP contribution in [-0.2, 0) is 4.79 Å². The maximum absolute atomic E-state index is 12.3. The molecule has 2 aliphatic rings. The van der Waals surface area contributed by atoms with Crippen molar-refractivity contribution in [3.63, 3.8) is 0 Å². The summed E-state index contributed by atoms with van der Waals surface area (Å²) in [5.41, 5.74) is 0. The minimum atomic E-state index is 0.245. The van der Waals surface area contributed by atoms with Gasteiger partial charge in [0.2, 0.25) is 5.91 Å². The molecule has 3 nitrogen and oxygen atoms in total. The van der Waals surface area contributed by atoms with E-state index in [4.69, 9.17) is 11.6 Å². The summed E-state index contributed by atoms with van der Waals surface area (Å²) in [4.78, 5) is 16.7. The third-order valence-corrected chi connectivity index (χ3v) is 4.19. The molecular weight excluding hydrogens is 236 g/mol. The zero-order valence-corrected chi connectivity index (χ0v) is 11.5. The van der Waals surface area contributed by atoms with E-state index in [2.05, 4.69) is 16.7 Å². The third-order valence-electron chi connectivity index (χ3n) is 4.02. The van der Waals surface area contributed by atoms with E-state index in [1.807, 2.05) is 0 Å². The molecule has 4 heteroatoms. The van der Waals surface area contributed by atoms with Gasteiger partial charge in [-0.25, -0.2) is 0 Å². The SMILES string of the molecule is CC(C(=O)N1CCCN(CCCl)CC1)C1CC1. The van der Waals surface area contributed by atoms with Crippen LogP contribution in [0, 0.1) is 11.8 Å². The van der Waals surface area contributed by atoms with Gasteiger partial charge in [0.25, 0.3) is 0 Å². The van der Waals surface area contributed by atoms with E-state index in [0.717, 1.165) is 39.1 Å². The smallest absolute Gasteiger partial charge is 0.225 e. The van der Waals surface area contributed by atoms with Crippen molar-refractivity contribution in [3.05, 3.63) is 0 Å². The summed E-state index contributed by atoms with van der Waals surface area (Å²) < 4.78 is 0. The van der Waals surface area contributed by atoms with E-state index in [1.165, 1.54) is 12.8 Å². The number of rotatable bonds is 4. The highest BCUT2D eigenvalue weighted by atomic mass is 35.5. The van der Waals surface area contributed by atoms with Gasteiger partial charge in [0.1, 0.15) is 0 Å². The van der Waals surface area contributed by atoms with Crippen LogP contribution in [0.4, 0.5) is 0 Å². The van der Waals surface area contributed by atoms with Crippen LogP contribution in [0.5, 0.6) is 0 Å². The lowest BCUT2D eigenvalue weighted by atomic mass is 10.0. The second-order valence-electron chi connectivity index (χ2n) is 5.34. The van der Waals surface area contributed by atoms with Crippen LogP contribution in [0.25, 0.3) is 0 Å². The summed E-state index contributed by atoms with van der Waals surface area (Å²) in [6.45, 7) is 6.91. The van der Waals surface area contributed by atoms with Crippen molar-refractivity contribution < 1.29 is 4.79 Å². The first kappa shape index (κ1) is 13.2. The summed E-state index contributed by atoms with van der Waals surface area (Å²) in [5.74, 6) is 1.98. The van der Waals surface area contributed by atoms with Crippen molar-refractivity contribution >= 4 is 17.5 Å². The molecule has 17 heavy (non-hydrogen) atoms. The van der Waals surface area contributed by atoms with E-state index in [0.29, 0.717) is 17.7 Å². The number of hydrogen-bond acceptors (Lipinski definition) is 2. The molecule has 0 radical (unpaired) electrons. The molecule has 1 atom stereocenters. The van der Waals surface area contributed by atoms with Crippen LogP contribution < -0.4 is 0 Å². The van der Waals surface area contributed by atoms with E-state index in [-0.39, 0.29) is 5.92 Å². The highest BCUT2D eigenvalue weighted by Gasteiger charge is 2.35. The first-order chi connectivity index (χ1) is 8.22. The molecule has 98 valence electrons. The Balaban J connectivity index is 1.82. The van der Waals surface area contributed by atoms with Crippen molar-refractivity contribution in [2.75, 3.05) is 38.6 Å². The monoisotopic (exact) mass is 258 g/mol. The maximum atomic E-state index is 12.3. The Labute approximate surface area is 109 Å². The van der Waals surface area contributed by atoms with Gasteiger partial charge in [-0.05, 0) is 31.7 Å². The fourth-order valence-corrected chi connectivity index (χ4v) is 2.86. The molecule has 0 N–H and O–H groups in total. The normalized spacial score (nSPS) is 24.5. The van der Waals surface area contributed by atoms with Crippen LogP contribution in [-0.4, -0.2) is 54.3 Å². The average Bonchev–Trinajstić information content (AvgIpc) is 3.15. The van der Waals surface area contributed by atoms with Crippen molar-refractivity contribution in [3.8, 4) is 0 Å². The molecule has 1 unspecified atom stereocenters. The predicted octanol–water partition coefficient (Wildman–Crippen LogP) is 1.81. The molecule has 0 bridgehead atoms. The Morgan fingerprint density at radius 2 is 2.06 bits per heavy atom. The van der Waals surface area contributed by atoms with E-state index < -0.39 is 0 Å². The number of alkyl halides is 1. The molecule has 1 aliphatic heterocycles. The topological polar surface area (TPSA) is 23.6 Å². The number of carbonyl (C=O) groups excluding carboxylic acids is 1. The molecule has 2 rings (SSSR count). The van der Waals surface area contributed by atoms with Gasteiger partial charge >= 0.3 is 0 Å². The molecule has 1 amide bonds. The molecule has 1 saturated carbocycles. The van der Waals surface area contributed by atoms with Gasteiger partial charge in [-0.2, -0.15) is 0 Å². The van der Waals surface area contributed by atoms with Gasteiger partial charge in [-0.15, -0.1) is 11.6 Å². The van der Waals surface area contributed by atoms with Gasteiger partial charge in [0.05, 0.1) is 0 Å². The highest BCUT2D eigenvalue weighted by molar-refractivity contribution is 6.18. The lowest BCUT2D eigenvalue weighted by Crippen LogP contribution is -2.39. The lowest BCUT2D eigenvalue weighted by molar-refractivity contribution is -0.135. The minimum absolute atomic E-state index is 0.245. The van der Waals surface area contributed by atoms with Crippen molar-refractivity contribution in [2.24, 2.45) is 11.8 Å². The van der Waals surface area contributed by atoms with Crippen molar-refractivity contribution in [1.29, 1.82) is 0 Å². The summed E-state index contributed by atoms with van der Waals surface area (Å²) >= 11 is 5.77. The summed E-state index contributed by atoms with van der Waals surface area (Å²) in [5, 5.41) is 0. The molecule has 0 aromatic carbocycles. The van der Waals surface area contributed by atoms with E-state index >= 15 is 0 Å².